The molecule has 136 valence electrons. The van der Waals surface area contributed by atoms with E-state index in [2.05, 4.69) is 13.8 Å². The largest absolute Gasteiger partial charge is 0.393 e. The van der Waals surface area contributed by atoms with Crippen molar-refractivity contribution in [3.8, 4) is 0 Å². The van der Waals surface area contributed by atoms with Crippen LogP contribution < -0.4 is 0 Å². The first kappa shape index (κ1) is 12.9. The van der Waals surface area contributed by atoms with E-state index in [0.29, 0.717) is 18.3 Å². The smallest absolute Gasteiger partial charge is 0.161 e. The maximum absolute atomic E-state index is 12.4. The summed E-state index contributed by atoms with van der Waals surface area (Å²) in [6.07, 6.45) is -0.120. The van der Waals surface area contributed by atoms with Crippen LogP contribution in [-0.4, -0.2) is 28.7 Å². The minimum atomic E-state index is -1.93. The van der Waals surface area contributed by atoms with Gasteiger partial charge in [-0.2, -0.15) is 0 Å². The first-order chi connectivity index (χ1) is 12.9. The number of carbonyl (C=O) groups excluding carboxylic acids is 1. The molecule has 3 nitrogen and oxygen atoms in total. The Morgan fingerprint density at radius 2 is 1.83 bits per heavy atom. The minimum Gasteiger partial charge on any atom is -0.393 e. The van der Waals surface area contributed by atoms with E-state index in [1.807, 2.05) is 0 Å². The number of carbonyl (C=O) groups is 1. The van der Waals surface area contributed by atoms with Crippen molar-refractivity contribution in [3.63, 3.8) is 0 Å². The van der Waals surface area contributed by atoms with E-state index in [-0.39, 0.29) is 42.0 Å². The third-order valence-corrected chi connectivity index (χ3v) is 8.45. The van der Waals surface area contributed by atoms with Crippen LogP contribution in [0.5, 0.6) is 0 Å². The zero-order valence-electron chi connectivity index (χ0n) is 18.9. The number of hydrogen-bond acceptors (Lipinski definition) is 3. The molecule has 0 saturated heterocycles. The fraction of sp³-hybridized carbons (Fsp3) is 0.952. The van der Waals surface area contributed by atoms with Gasteiger partial charge in [-0.25, -0.2) is 0 Å². The lowest BCUT2D eigenvalue weighted by Crippen LogP contribution is -2.54. The van der Waals surface area contributed by atoms with Crippen LogP contribution in [0.25, 0.3) is 0 Å². The third-order valence-electron chi connectivity index (χ3n) is 8.45. The van der Waals surface area contributed by atoms with E-state index in [4.69, 9.17) is 5.48 Å². The van der Waals surface area contributed by atoms with E-state index < -0.39 is 24.3 Å². The highest BCUT2D eigenvalue weighted by molar-refractivity contribution is 5.83. The molecule has 0 radical (unpaired) electrons. The second-order valence-electron chi connectivity index (χ2n) is 9.26. The van der Waals surface area contributed by atoms with Crippen molar-refractivity contribution < 1.29 is 20.5 Å². The maximum Gasteiger partial charge on any atom is 0.161 e. The molecule has 0 amide bonds. The molecule has 4 aliphatic rings. The average molecular weight is 339 g/mol. The Morgan fingerprint density at radius 1 is 1.08 bits per heavy atom. The first-order valence-electron chi connectivity index (χ1n) is 11.7. The molecule has 0 aromatic heterocycles. The van der Waals surface area contributed by atoms with E-state index in [0.717, 1.165) is 32.1 Å². The predicted octanol–water partition coefficient (Wildman–Crippen LogP) is 3.57. The average Bonchev–Trinajstić information content (AvgIpc) is 2.96. The molecule has 0 unspecified atom stereocenters. The molecule has 2 N–H and O–H groups in total. The molecular weight excluding hydrogens is 300 g/mol. The van der Waals surface area contributed by atoms with E-state index in [1.54, 1.807) is 0 Å². The lowest BCUT2D eigenvalue weighted by molar-refractivity contribution is -0.141. The summed E-state index contributed by atoms with van der Waals surface area (Å²) in [6, 6.07) is 0. The summed E-state index contributed by atoms with van der Waals surface area (Å²) in [4.78, 5) is 12.4. The van der Waals surface area contributed by atoms with Gasteiger partial charge in [0.15, 0.2) is 5.78 Å². The van der Waals surface area contributed by atoms with Crippen molar-refractivity contribution >= 4 is 5.78 Å². The van der Waals surface area contributed by atoms with Gasteiger partial charge in [-0.1, -0.05) is 13.8 Å². The molecule has 24 heavy (non-hydrogen) atoms. The Hall–Kier alpha value is -0.410. The summed E-state index contributed by atoms with van der Waals surface area (Å²) >= 11 is 0. The summed E-state index contributed by atoms with van der Waals surface area (Å²) in [5, 5.41) is 19.8. The lowest BCUT2D eigenvalue weighted by Gasteiger charge is -2.60. The SMILES string of the molecule is [2H]C1([2H])C[C@]2(C)[C@H]3CC[C@]4(C)[C@@H](C(=O)CO)CC[C@H]4[C@@H]3CC[C@H]2C([2H])([2H])[C@H]1O. The van der Waals surface area contributed by atoms with Crippen molar-refractivity contribution in [1.82, 2.24) is 0 Å². The summed E-state index contributed by atoms with van der Waals surface area (Å²) < 4.78 is 33.8. The molecule has 0 aliphatic heterocycles. The molecule has 8 atom stereocenters. The van der Waals surface area contributed by atoms with Crippen LogP contribution in [-0.2, 0) is 4.79 Å². The molecule has 4 saturated carbocycles. The minimum absolute atomic E-state index is 0.0446. The van der Waals surface area contributed by atoms with Gasteiger partial charge in [-0.3, -0.25) is 4.79 Å². The highest BCUT2D eigenvalue weighted by Gasteiger charge is 2.60. The second kappa shape index (κ2) is 5.81. The highest BCUT2D eigenvalue weighted by atomic mass is 16.3. The van der Waals surface area contributed by atoms with Crippen LogP contribution in [0.3, 0.4) is 0 Å². The van der Waals surface area contributed by atoms with E-state index >= 15 is 0 Å². The summed E-state index contributed by atoms with van der Waals surface area (Å²) in [5.41, 5.74) is -0.577. The van der Waals surface area contributed by atoms with Gasteiger partial charge in [0.05, 0.1) is 6.10 Å². The molecule has 4 fully saturated rings. The summed E-state index contributed by atoms with van der Waals surface area (Å²) in [6.45, 7) is 3.87. The van der Waals surface area contributed by atoms with Crippen molar-refractivity contribution in [2.24, 2.45) is 40.4 Å². The van der Waals surface area contributed by atoms with Gasteiger partial charge < -0.3 is 10.2 Å². The first-order valence-corrected chi connectivity index (χ1v) is 9.71. The molecule has 0 spiro atoms. The van der Waals surface area contributed by atoms with Gasteiger partial charge in [0.25, 0.3) is 0 Å². The number of Topliss-reactive ketones (excluding diaryl/α,β-unsaturated/α-hetero) is 1. The van der Waals surface area contributed by atoms with Gasteiger partial charge in [-0.15, -0.1) is 0 Å². The zero-order chi connectivity index (χ0) is 20.7. The highest BCUT2D eigenvalue weighted by Crippen LogP contribution is 2.67. The van der Waals surface area contributed by atoms with Crippen LogP contribution in [0.1, 0.15) is 77.0 Å². The topological polar surface area (TPSA) is 57.5 Å². The quantitative estimate of drug-likeness (QED) is 0.809. The molecule has 0 aromatic carbocycles. The van der Waals surface area contributed by atoms with Crippen molar-refractivity contribution in [3.05, 3.63) is 0 Å². The van der Waals surface area contributed by atoms with Crippen LogP contribution >= 0.6 is 0 Å². The second-order valence-corrected chi connectivity index (χ2v) is 9.26. The number of fused-ring (bicyclic) bond motifs is 5. The number of hydrogen-bond donors (Lipinski definition) is 2. The predicted molar refractivity (Wildman–Crippen MR) is 93.3 cm³/mol. The molecule has 0 aromatic rings. The number of aliphatic hydroxyl groups is 2. The molecule has 3 heteroatoms. The zero-order valence-corrected chi connectivity index (χ0v) is 14.9. The summed E-state index contributed by atoms with van der Waals surface area (Å²) in [7, 11) is 0. The van der Waals surface area contributed by atoms with Crippen molar-refractivity contribution in [2.45, 2.75) is 77.6 Å². The van der Waals surface area contributed by atoms with Gasteiger partial charge in [0.2, 0.25) is 0 Å². The van der Waals surface area contributed by atoms with E-state index in [9.17, 15) is 15.0 Å². The molecule has 4 rings (SSSR count). The Balaban J connectivity index is 1.68. The molecule has 0 heterocycles. The number of aliphatic hydroxyl groups excluding tert-OH is 2. The normalized spacial score (nSPS) is 60.5. The van der Waals surface area contributed by atoms with Gasteiger partial charge in [0.1, 0.15) is 6.61 Å². The molecule has 4 aliphatic carbocycles. The Kier molecular flexibility index (Phi) is 3.11. The van der Waals surface area contributed by atoms with Crippen molar-refractivity contribution in [2.75, 3.05) is 6.61 Å². The van der Waals surface area contributed by atoms with Crippen LogP contribution in [0, 0.1) is 40.4 Å². The number of rotatable bonds is 2. The van der Waals surface area contributed by atoms with Gasteiger partial charge >= 0.3 is 0 Å². The van der Waals surface area contributed by atoms with Crippen LogP contribution in [0.2, 0.25) is 0 Å². The van der Waals surface area contributed by atoms with Crippen molar-refractivity contribution in [1.29, 1.82) is 0 Å². The Labute approximate surface area is 151 Å². The summed E-state index contributed by atoms with van der Waals surface area (Å²) in [5.74, 6) is 0.522. The fourth-order valence-corrected chi connectivity index (χ4v) is 7.19. The van der Waals surface area contributed by atoms with Gasteiger partial charge in [-0.05, 0) is 92.2 Å². The Bertz CT molecular complexity index is 668. The van der Waals surface area contributed by atoms with Crippen LogP contribution in [0.15, 0.2) is 0 Å². The van der Waals surface area contributed by atoms with Crippen LogP contribution in [0.4, 0.5) is 0 Å². The fourth-order valence-electron chi connectivity index (χ4n) is 7.19. The standard InChI is InChI=1S/C21H34O3/c1-20-9-7-14(23)11-13(20)3-4-15-16-5-6-18(19(24)12-22)21(16,2)10-8-17(15)20/h13-18,22-23H,3-12H2,1-2H3/t13-,14-,15-,16-,17-,18+,20-,21-/m0/s1/i7D2,11D2. The maximum atomic E-state index is 12.4. The molecular formula is C21H34O3. The van der Waals surface area contributed by atoms with E-state index in [1.165, 1.54) is 0 Å². The third kappa shape index (κ3) is 2.26. The number of ketones is 1. The lowest BCUT2D eigenvalue weighted by atomic mass is 9.44. The molecule has 0 bridgehead atoms. The monoisotopic (exact) mass is 338 g/mol. The Morgan fingerprint density at radius 3 is 2.58 bits per heavy atom. The van der Waals surface area contributed by atoms with Gasteiger partial charge in [0, 0.05) is 11.4 Å².